The monoisotopic (exact) mass is 313 g/mol. The van der Waals surface area contributed by atoms with Crippen LogP contribution < -0.4 is 5.32 Å². The molecule has 1 aromatic rings. The Labute approximate surface area is 127 Å². The van der Waals surface area contributed by atoms with Crippen LogP contribution in [0.1, 0.15) is 36.0 Å². The number of rotatable bonds is 6. The maximum atomic E-state index is 11.7. The van der Waals surface area contributed by atoms with Crippen LogP contribution in [0.4, 0.5) is 5.69 Å². The molecule has 0 fully saturated rings. The Bertz CT molecular complexity index is 541. The molecule has 0 aliphatic carbocycles. The van der Waals surface area contributed by atoms with Gasteiger partial charge >= 0.3 is 5.97 Å². The lowest BCUT2D eigenvalue weighted by Crippen LogP contribution is -2.12. The molecule has 0 bridgehead atoms. The molecule has 6 heteroatoms. The molecule has 4 nitrogen and oxygen atoms in total. The fourth-order valence-electron chi connectivity index (χ4n) is 1.53. The average molecular weight is 314 g/mol. The minimum Gasteiger partial charge on any atom is -0.478 e. The van der Waals surface area contributed by atoms with Gasteiger partial charge in [-0.2, -0.15) is 0 Å². The van der Waals surface area contributed by atoms with Crippen molar-refractivity contribution in [3.63, 3.8) is 0 Å². The molecule has 1 amide bonds. The molecule has 0 aliphatic rings. The summed E-state index contributed by atoms with van der Waals surface area (Å²) in [5, 5.41) is 11.6. The van der Waals surface area contributed by atoms with Gasteiger partial charge in [-0.25, -0.2) is 4.79 Å². The van der Waals surface area contributed by atoms with Crippen LogP contribution in [-0.4, -0.2) is 17.0 Å². The summed E-state index contributed by atoms with van der Waals surface area (Å²) in [6.45, 7) is 0. The van der Waals surface area contributed by atoms with Gasteiger partial charge in [0.2, 0.25) is 5.91 Å². The van der Waals surface area contributed by atoms with E-state index in [1.807, 2.05) is 0 Å². The Kier molecular flexibility index (Phi) is 6.37. The number of benzene rings is 1. The second kappa shape index (κ2) is 7.78. The van der Waals surface area contributed by atoms with E-state index >= 15 is 0 Å². The van der Waals surface area contributed by atoms with Crippen LogP contribution in [-0.2, 0) is 4.79 Å². The number of carboxylic acids is 1. The van der Waals surface area contributed by atoms with Gasteiger partial charge in [-0.05, 0) is 25.0 Å². The normalized spacial score (nSPS) is 9.85. The smallest absolute Gasteiger partial charge is 0.335 e. The van der Waals surface area contributed by atoms with Gasteiger partial charge in [0.25, 0.3) is 0 Å². The third kappa shape index (κ3) is 4.76. The van der Waals surface area contributed by atoms with Gasteiger partial charge in [0, 0.05) is 12.8 Å². The molecule has 0 atom stereocenters. The maximum Gasteiger partial charge on any atom is 0.335 e. The number of aromatic carboxylic acids is 1. The SMILES string of the molecule is C#CCCCCC(=O)Nc1c(Cl)cc(C(=O)O)cc1Cl. The quantitative estimate of drug-likeness (QED) is 0.619. The number of carbonyl (C=O) groups is 2. The van der Waals surface area contributed by atoms with E-state index in [-0.39, 0.29) is 27.2 Å². The van der Waals surface area contributed by atoms with Crippen molar-refractivity contribution in [1.82, 2.24) is 0 Å². The molecule has 106 valence electrons. The average Bonchev–Trinajstić information content (AvgIpc) is 2.38. The third-order valence-corrected chi connectivity index (χ3v) is 3.12. The number of terminal acetylenes is 1. The minimum atomic E-state index is -1.14. The molecule has 1 aromatic carbocycles. The zero-order chi connectivity index (χ0) is 15.1. The summed E-state index contributed by atoms with van der Waals surface area (Å²) in [7, 11) is 0. The largest absolute Gasteiger partial charge is 0.478 e. The second-order valence-electron chi connectivity index (χ2n) is 4.08. The van der Waals surface area contributed by atoms with Gasteiger partial charge < -0.3 is 10.4 Å². The summed E-state index contributed by atoms with van der Waals surface area (Å²) < 4.78 is 0. The fraction of sp³-hybridized carbons (Fsp3) is 0.286. The molecule has 0 saturated carbocycles. The summed E-state index contributed by atoms with van der Waals surface area (Å²) >= 11 is 11.8. The summed E-state index contributed by atoms with van der Waals surface area (Å²) in [4.78, 5) is 22.5. The van der Waals surface area contributed by atoms with Crippen LogP contribution in [0.3, 0.4) is 0 Å². The van der Waals surface area contributed by atoms with Gasteiger partial charge in [0.05, 0.1) is 21.3 Å². The summed E-state index contributed by atoms with van der Waals surface area (Å²) in [5.41, 5.74) is 0.187. The van der Waals surface area contributed by atoms with Crippen molar-refractivity contribution >= 4 is 40.8 Å². The Hall–Kier alpha value is -1.70. The Morgan fingerprint density at radius 1 is 1.25 bits per heavy atom. The standard InChI is InChI=1S/C14H13Cl2NO3/c1-2-3-4-5-6-12(18)17-13-10(15)7-9(14(19)20)8-11(13)16/h1,7-8H,3-6H2,(H,17,18)(H,19,20). The van der Waals surface area contributed by atoms with Crippen molar-refractivity contribution in [2.24, 2.45) is 0 Å². The lowest BCUT2D eigenvalue weighted by atomic mass is 10.1. The molecule has 2 N–H and O–H groups in total. The van der Waals surface area contributed by atoms with E-state index in [1.165, 1.54) is 12.1 Å². The number of amides is 1. The van der Waals surface area contributed by atoms with Crippen LogP contribution >= 0.6 is 23.2 Å². The topological polar surface area (TPSA) is 66.4 Å². The highest BCUT2D eigenvalue weighted by molar-refractivity contribution is 6.40. The first-order valence-corrected chi connectivity index (χ1v) is 6.67. The molecule has 0 saturated heterocycles. The molecular weight excluding hydrogens is 301 g/mol. The Morgan fingerprint density at radius 3 is 2.35 bits per heavy atom. The molecule has 0 aromatic heterocycles. The van der Waals surface area contributed by atoms with Gasteiger partial charge in [-0.15, -0.1) is 12.3 Å². The van der Waals surface area contributed by atoms with E-state index in [9.17, 15) is 9.59 Å². The number of halogens is 2. The lowest BCUT2D eigenvalue weighted by molar-refractivity contribution is -0.116. The number of carbonyl (C=O) groups excluding carboxylic acids is 1. The molecule has 0 heterocycles. The zero-order valence-corrected chi connectivity index (χ0v) is 12.1. The van der Waals surface area contributed by atoms with Crippen molar-refractivity contribution in [3.05, 3.63) is 27.7 Å². The van der Waals surface area contributed by atoms with Gasteiger partial charge in [-0.1, -0.05) is 23.2 Å². The third-order valence-electron chi connectivity index (χ3n) is 2.53. The molecule has 1 rings (SSSR count). The molecule has 20 heavy (non-hydrogen) atoms. The summed E-state index contributed by atoms with van der Waals surface area (Å²) in [6, 6.07) is 2.48. The Morgan fingerprint density at radius 2 is 1.85 bits per heavy atom. The number of carboxylic acid groups (broad SMARTS) is 1. The van der Waals surface area contributed by atoms with Crippen LogP contribution in [0.25, 0.3) is 0 Å². The predicted octanol–water partition coefficient (Wildman–Crippen LogP) is 3.82. The number of unbranched alkanes of at least 4 members (excludes halogenated alkanes) is 2. The van der Waals surface area contributed by atoms with Gasteiger partial charge in [-0.3, -0.25) is 4.79 Å². The van der Waals surface area contributed by atoms with Gasteiger partial charge in [0.1, 0.15) is 0 Å². The molecular formula is C14H13Cl2NO3. The highest BCUT2D eigenvalue weighted by Gasteiger charge is 2.14. The van der Waals surface area contributed by atoms with E-state index in [0.29, 0.717) is 19.3 Å². The van der Waals surface area contributed by atoms with Crippen LogP contribution in [0, 0.1) is 12.3 Å². The minimum absolute atomic E-state index is 0.0352. The van der Waals surface area contributed by atoms with Crippen molar-refractivity contribution in [2.45, 2.75) is 25.7 Å². The number of hydrogen-bond donors (Lipinski definition) is 2. The first kappa shape index (κ1) is 16.4. The second-order valence-corrected chi connectivity index (χ2v) is 4.89. The highest BCUT2D eigenvalue weighted by atomic mass is 35.5. The van der Waals surface area contributed by atoms with E-state index in [1.54, 1.807) is 0 Å². The maximum absolute atomic E-state index is 11.7. The van der Waals surface area contributed by atoms with E-state index < -0.39 is 5.97 Å². The van der Waals surface area contributed by atoms with Gasteiger partial charge in [0.15, 0.2) is 0 Å². The summed E-state index contributed by atoms with van der Waals surface area (Å²) in [6.07, 6.45) is 7.47. The molecule has 0 unspecified atom stereocenters. The van der Waals surface area contributed by atoms with Crippen molar-refractivity contribution in [2.75, 3.05) is 5.32 Å². The number of hydrogen-bond acceptors (Lipinski definition) is 2. The summed E-state index contributed by atoms with van der Waals surface area (Å²) in [5.74, 6) is 1.12. The lowest BCUT2D eigenvalue weighted by Gasteiger charge is -2.10. The van der Waals surface area contributed by atoms with Crippen LogP contribution in [0.2, 0.25) is 10.0 Å². The highest BCUT2D eigenvalue weighted by Crippen LogP contribution is 2.32. The van der Waals surface area contributed by atoms with Crippen molar-refractivity contribution < 1.29 is 14.7 Å². The fourth-order valence-corrected chi connectivity index (χ4v) is 2.11. The predicted molar refractivity (Wildman–Crippen MR) is 79.4 cm³/mol. The van der Waals surface area contributed by atoms with Crippen molar-refractivity contribution in [3.8, 4) is 12.3 Å². The van der Waals surface area contributed by atoms with E-state index in [0.717, 1.165) is 6.42 Å². The number of nitrogens with one attached hydrogen (secondary N) is 1. The molecule has 0 spiro atoms. The van der Waals surface area contributed by atoms with Crippen LogP contribution in [0.5, 0.6) is 0 Å². The molecule has 0 aliphatic heterocycles. The molecule has 0 radical (unpaired) electrons. The zero-order valence-electron chi connectivity index (χ0n) is 10.6. The first-order chi connectivity index (χ1) is 9.45. The van der Waals surface area contributed by atoms with E-state index in [2.05, 4.69) is 11.2 Å². The number of anilines is 1. The van der Waals surface area contributed by atoms with E-state index in [4.69, 9.17) is 34.7 Å². The van der Waals surface area contributed by atoms with Crippen LogP contribution in [0.15, 0.2) is 12.1 Å². The first-order valence-electron chi connectivity index (χ1n) is 5.91. The Balaban J connectivity index is 2.71. The van der Waals surface area contributed by atoms with Crippen molar-refractivity contribution in [1.29, 1.82) is 0 Å².